The molecule has 1 fully saturated rings. The molecule has 18 nitrogen and oxygen atoms in total. The van der Waals surface area contributed by atoms with Gasteiger partial charge in [0.25, 0.3) is 0 Å². The van der Waals surface area contributed by atoms with Gasteiger partial charge in [-0.3, -0.25) is 48.5 Å². The fourth-order valence-corrected chi connectivity index (χ4v) is 10.3. The summed E-state index contributed by atoms with van der Waals surface area (Å²) < 4.78 is 0. The van der Waals surface area contributed by atoms with Crippen molar-refractivity contribution in [2.24, 2.45) is 61.3 Å². The first-order valence-corrected chi connectivity index (χ1v) is 19.7. The van der Waals surface area contributed by atoms with E-state index in [1.54, 1.807) is 40.7 Å². The average molecular weight is 825 g/mol. The molecule has 0 spiro atoms. The van der Waals surface area contributed by atoms with Gasteiger partial charge in [-0.1, -0.05) is 20.8 Å². The molecule has 2 unspecified atom stereocenters. The number of allylic oxidation sites excluding steroid dienone is 6. The second-order valence-electron chi connectivity index (χ2n) is 17.2. The van der Waals surface area contributed by atoms with Gasteiger partial charge in [0.05, 0.1) is 43.5 Å². The van der Waals surface area contributed by atoms with Gasteiger partial charge in [-0.05, 0) is 50.3 Å². The molecule has 0 aromatic carbocycles. The highest BCUT2D eigenvalue weighted by molar-refractivity contribution is 6.10. The lowest BCUT2D eigenvalue weighted by Crippen LogP contribution is -2.43. The molecule has 0 amide bonds. The van der Waals surface area contributed by atoms with E-state index in [0.29, 0.717) is 39.7 Å². The summed E-state index contributed by atoms with van der Waals surface area (Å²) in [6, 6.07) is -2.15. The molecular formula is C41H52N4O14. The van der Waals surface area contributed by atoms with E-state index in [1.165, 1.54) is 0 Å². The van der Waals surface area contributed by atoms with E-state index in [4.69, 9.17) is 15.0 Å². The van der Waals surface area contributed by atoms with Crippen molar-refractivity contribution in [1.82, 2.24) is 5.32 Å². The van der Waals surface area contributed by atoms with E-state index in [-0.39, 0.29) is 31.4 Å². The van der Waals surface area contributed by atoms with Crippen LogP contribution in [0.1, 0.15) is 98.8 Å². The van der Waals surface area contributed by atoms with Gasteiger partial charge in [0.15, 0.2) is 0 Å². The zero-order valence-electron chi connectivity index (χ0n) is 33.6. The Hall–Kier alpha value is -5.68. The Labute approximate surface area is 339 Å². The quantitative estimate of drug-likeness (QED) is 0.101. The van der Waals surface area contributed by atoms with Gasteiger partial charge in [0, 0.05) is 94.1 Å². The molecule has 8 bridgehead atoms. The van der Waals surface area contributed by atoms with Crippen LogP contribution >= 0.6 is 0 Å². The predicted molar refractivity (Wildman–Crippen MR) is 209 cm³/mol. The van der Waals surface area contributed by atoms with Crippen molar-refractivity contribution in [3.05, 3.63) is 34.3 Å². The van der Waals surface area contributed by atoms with Gasteiger partial charge >= 0.3 is 41.8 Å². The van der Waals surface area contributed by atoms with Crippen molar-refractivity contribution in [2.45, 2.75) is 111 Å². The van der Waals surface area contributed by atoms with Crippen molar-refractivity contribution in [3.63, 3.8) is 0 Å². The van der Waals surface area contributed by atoms with Crippen LogP contribution in [0.2, 0.25) is 0 Å². The summed E-state index contributed by atoms with van der Waals surface area (Å²) >= 11 is 0. The predicted octanol–water partition coefficient (Wildman–Crippen LogP) is 4.36. The maximum Gasteiger partial charge on any atom is 0.304 e. The third-order valence-electron chi connectivity index (χ3n) is 13.2. The maximum absolute atomic E-state index is 12.7. The molecule has 5 rings (SSSR count). The molecule has 8 N–H and O–H groups in total. The van der Waals surface area contributed by atoms with Gasteiger partial charge in [0.1, 0.15) is 0 Å². The molecule has 0 aromatic rings. The molecule has 5 aliphatic heterocycles. The molecule has 0 radical (unpaired) electrons. The van der Waals surface area contributed by atoms with Gasteiger partial charge in [-0.2, -0.15) is 0 Å². The number of hydrogen-bond acceptors (Lipinski definition) is 11. The Morgan fingerprint density at radius 1 is 0.644 bits per heavy atom. The molecule has 9 atom stereocenters. The lowest BCUT2D eigenvalue weighted by molar-refractivity contribution is -0.141. The van der Waals surface area contributed by atoms with Crippen LogP contribution in [0.15, 0.2) is 49.3 Å². The fraction of sp³-hybridized carbons (Fsp3) is 0.610. The van der Waals surface area contributed by atoms with Crippen LogP contribution in [0.25, 0.3) is 0 Å². The highest BCUT2D eigenvalue weighted by Crippen LogP contribution is 2.54. The van der Waals surface area contributed by atoms with Crippen molar-refractivity contribution < 1.29 is 69.3 Å². The highest BCUT2D eigenvalue weighted by atomic mass is 16.4. The van der Waals surface area contributed by atoms with Crippen molar-refractivity contribution in [1.29, 1.82) is 0 Å². The minimum atomic E-state index is -1.30. The van der Waals surface area contributed by atoms with Crippen LogP contribution in [0.5, 0.6) is 0 Å². The van der Waals surface area contributed by atoms with Gasteiger partial charge in [-0.15, -0.1) is 0 Å². The Morgan fingerprint density at radius 3 is 1.75 bits per heavy atom. The van der Waals surface area contributed by atoms with Gasteiger partial charge in [0.2, 0.25) is 0 Å². The van der Waals surface area contributed by atoms with Crippen molar-refractivity contribution >= 4 is 58.9 Å². The van der Waals surface area contributed by atoms with Crippen LogP contribution in [0.3, 0.4) is 0 Å². The number of nitrogens with one attached hydrogen (secondary N) is 1. The second-order valence-corrected chi connectivity index (χ2v) is 17.2. The molecule has 0 aromatic heterocycles. The van der Waals surface area contributed by atoms with Gasteiger partial charge < -0.3 is 41.1 Å². The van der Waals surface area contributed by atoms with E-state index in [0.717, 1.165) is 0 Å². The Bertz CT molecular complexity index is 2040. The Kier molecular flexibility index (Phi) is 12.7. The van der Waals surface area contributed by atoms with E-state index < -0.39 is 139 Å². The third-order valence-corrected chi connectivity index (χ3v) is 13.2. The highest BCUT2D eigenvalue weighted by Gasteiger charge is 2.57. The molecule has 5 heterocycles. The van der Waals surface area contributed by atoms with Crippen molar-refractivity contribution in [2.75, 3.05) is 0 Å². The largest absolute Gasteiger partial charge is 0.481 e. The molecule has 0 saturated carbocycles. The number of hydrogen-bond donors (Lipinski definition) is 8. The van der Waals surface area contributed by atoms with E-state index in [1.807, 2.05) is 0 Å². The summed E-state index contributed by atoms with van der Waals surface area (Å²) in [4.78, 5) is 102. The molecule has 1 saturated heterocycles. The van der Waals surface area contributed by atoms with Crippen LogP contribution in [-0.2, 0) is 33.6 Å². The SMILES string of the molecule is C/C1=C2/N/C(=C\C3=NC(=C(/C)C4=NC(C5N=C1[C@@H](CCC(=O)O)[C@@H]5CC(=O)O)[C@H](CC(=O)O)[C@@]4(C)CCC(=O)O)/[C@@H](CC(=O)O)C3(C)C)[C@@H](CCC(=O)O)[C@@H]2CC(=O)O. The number of fused-ring (bicyclic) bond motifs is 6. The molecule has 59 heavy (non-hydrogen) atoms. The average Bonchev–Trinajstić information content (AvgIpc) is 3.79. The number of carbonyl (C=O) groups is 7. The summed E-state index contributed by atoms with van der Waals surface area (Å²) in [5, 5.41) is 73.9. The smallest absolute Gasteiger partial charge is 0.304 e. The molecular weight excluding hydrogens is 772 g/mol. The lowest BCUT2D eigenvalue weighted by Gasteiger charge is -2.37. The third kappa shape index (κ3) is 8.85. The first-order chi connectivity index (χ1) is 27.5. The first kappa shape index (κ1) is 44.4. The monoisotopic (exact) mass is 824 g/mol. The summed E-state index contributed by atoms with van der Waals surface area (Å²) in [6.07, 6.45) is -1.56. The maximum atomic E-state index is 12.7. The minimum Gasteiger partial charge on any atom is -0.481 e. The zero-order chi connectivity index (χ0) is 43.9. The summed E-state index contributed by atoms with van der Waals surface area (Å²) in [6.45, 7) is 8.61. The van der Waals surface area contributed by atoms with Crippen molar-refractivity contribution in [3.8, 4) is 0 Å². The topological polar surface area (TPSA) is 310 Å². The Balaban J connectivity index is 1.94. The van der Waals surface area contributed by atoms with Crippen LogP contribution in [0.4, 0.5) is 0 Å². The standard InChI is InChI=1S/C41H52N4O14/c1-17-34-20(7-9-28(48)49)22(13-31(54)55)37(44-34)38-24(15-33(58)59)41(5,11-10-29(50)51)39(45-38)18(2)36-23(14-32(56)57)40(3,4)26(43-36)16-25-19(6-8-27(46)47)21(12-30(52)53)35(17)42-25/h16,19-24,37-38,42H,6-15H2,1-5H3,(H,46,47)(H,48,49)(H,50,51)(H,52,53)(H,54,55)(H,56,57)(H,58,59)/b25-16-,35-17-,36-18-/t19-,20-,21-,22-,23+,24-,37?,38?,41+/m0/s1. The number of rotatable bonds is 17. The Morgan fingerprint density at radius 2 is 1.20 bits per heavy atom. The first-order valence-electron chi connectivity index (χ1n) is 19.7. The van der Waals surface area contributed by atoms with Gasteiger partial charge in [-0.25, -0.2) is 0 Å². The lowest BCUT2D eigenvalue weighted by atomic mass is 9.64. The number of carboxylic acids is 7. The van der Waals surface area contributed by atoms with Crippen LogP contribution in [-0.4, -0.2) is 107 Å². The minimum absolute atomic E-state index is 0.00621. The number of nitrogens with zero attached hydrogens (tertiary/aromatic N) is 3. The molecule has 18 heteroatoms. The number of carboxylic acid groups (broad SMARTS) is 7. The summed E-state index contributed by atoms with van der Waals surface area (Å²) in [5.41, 5.74) is 0.533. The zero-order valence-corrected chi connectivity index (χ0v) is 33.6. The normalized spacial score (nSPS) is 34.0. The van der Waals surface area contributed by atoms with E-state index in [9.17, 15) is 69.3 Å². The molecule has 320 valence electrons. The van der Waals surface area contributed by atoms with Crippen LogP contribution < -0.4 is 5.32 Å². The van der Waals surface area contributed by atoms with E-state index in [2.05, 4.69) is 5.32 Å². The summed E-state index contributed by atoms with van der Waals surface area (Å²) in [7, 11) is 0. The number of aliphatic carboxylic acids is 7. The number of aliphatic imine (C=N–C) groups is 3. The molecule has 0 aliphatic carbocycles. The van der Waals surface area contributed by atoms with E-state index >= 15 is 0 Å². The van der Waals surface area contributed by atoms with Crippen LogP contribution in [0, 0.1) is 46.3 Å². The molecule has 5 aliphatic rings. The summed E-state index contributed by atoms with van der Waals surface area (Å²) in [5.74, 6) is -13.4. The second kappa shape index (κ2) is 16.9. The fourth-order valence-electron chi connectivity index (χ4n) is 10.3.